The summed E-state index contributed by atoms with van der Waals surface area (Å²) in [6, 6.07) is 7.63. The summed E-state index contributed by atoms with van der Waals surface area (Å²) >= 11 is 3.37. The van der Waals surface area contributed by atoms with Gasteiger partial charge in [0.05, 0.1) is 5.60 Å². The summed E-state index contributed by atoms with van der Waals surface area (Å²) in [5.41, 5.74) is 0.543. The molecule has 18 heavy (non-hydrogen) atoms. The molecular weight excluding hydrogens is 294 g/mol. The molecule has 0 bridgehead atoms. The number of amides is 1. The molecule has 98 valence electrons. The van der Waals surface area contributed by atoms with Crippen LogP contribution in [-0.2, 0) is 4.74 Å². The Kier molecular flexibility index (Phi) is 4.07. The Hall–Kier alpha value is -0.870. The van der Waals surface area contributed by atoms with E-state index in [0.29, 0.717) is 12.2 Å². The number of benzene rings is 1. The molecule has 4 heteroatoms. The standard InChI is InChI=1S/C14H18BrNO2/c1-14(2)9-12(6-7-18-14)16-13(17)10-4-3-5-11(15)8-10/h3-5,8,12H,6-7,9H2,1-2H3,(H,16,17). The zero-order chi connectivity index (χ0) is 13.2. The van der Waals surface area contributed by atoms with E-state index >= 15 is 0 Å². The van der Waals surface area contributed by atoms with Gasteiger partial charge in [-0.15, -0.1) is 0 Å². The van der Waals surface area contributed by atoms with Gasteiger partial charge in [0, 0.05) is 22.7 Å². The molecule has 0 radical (unpaired) electrons. The van der Waals surface area contributed by atoms with Crippen molar-refractivity contribution in [2.45, 2.75) is 38.3 Å². The molecule has 1 saturated heterocycles. The van der Waals surface area contributed by atoms with Crippen LogP contribution in [0.25, 0.3) is 0 Å². The van der Waals surface area contributed by atoms with E-state index in [1.165, 1.54) is 0 Å². The summed E-state index contributed by atoms with van der Waals surface area (Å²) in [7, 11) is 0. The molecule has 2 rings (SSSR count). The fourth-order valence-corrected chi connectivity index (χ4v) is 2.65. The largest absolute Gasteiger partial charge is 0.375 e. The predicted octanol–water partition coefficient (Wildman–Crippen LogP) is 3.14. The molecule has 1 aliphatic rings. The minimum atomic E-state index is -0.145. The number of carbonyl (C=O) groups is 1. The first kappa shape index (κ1) is 13.6. The maximum absolute atomic E-state index is 12.1. The highest BCUT2D eigenvalue weighted by Gasteiger charge is 2.29. The van der Waals surface area contributed by atoms with Gasteiger partial charge in [-0.1, -0.05) is 22.0 Å². The van der Waals surface area contributed by atoms with Crippen molar-refractivity contribution in [1.29, 1.82) is 0 Å². The molecule has 1 aliphatic heterocycles. The van der Waals surface area contributed by atoms with Crippen LogP contribution in [0.3, 0.4) is 0 Å². The molecule has 0 aliphatic carbocycles. The number of halogens is 1. The van der Waals surface area contributed by atoms with Gasteiger partial charge in [0.1, 0.15) is 0 Å². The quantitative estimate of drug-likeness (QED) is 0.911. The number of hydrogen-bond donors (Lipinski definition) is 1. The van der Waals surface area contributed by atoms with E-state index in [9.17, 15) is 4.79 Å². The normalized spacial score (nSPS) is 22.5. The molecule has 0 spiro atoms. The highest BCUT2D eigenvalue weighted by Crippen LogP contribution is 2.24. The van der Waals surface area contributed by atoms with E-state index in [1.807, 2.05) is 24.3 Å². The number of hydrogen-bond acceptors (Lipinski definition) is 2. The van der Waals surface area contributed by atoms with Crippen molar-refractivity contribution >= 4 is 21.8 Å². The third kappa shape index (κ3) is 3.56. The van der Waals surface area contributed by atoms with Crippen LogP contribution in [-0.4, -0.2) is 24.2 Å². The van der Waals surface area contributed by atoms with Gasteiger partial charge >= 0.3 is 0 Å². The lowest BCUT2D eigenvalue weighted by Gasteiger charge is -2.35. The molecular formula is C14H18BrNO2. The first-order valence-electron chi connectivity index (χ1n) is 6.17. The van der Waals surface area contributed by atoms with Crippen LogP contribution in [0.4, 0.5) is 0 Å². The van der Waals surface area contributed by atoms with E-state index in [2.05, 4.69) is 35.1 Å². The number of nitrogens with one attached hydrogen (secondary N) is 1. The summed E-state index contributed by atoms with van der Waals surface area (Å²) in [6.07, 6.45) is 1.73. The number of rotatable bonds is 2. The van der Waals surface area contributed by atoms with Crippen molar-refractivity contribution in [3.05, 3.63) is 34.3 Å². The van der Waals surface area contributed by atoms with Crippen LogP contribution in [0.15, 0.2) is 28.7 Å². The first-order valence-corrected chi connectivity index (χ1v) is 6.96. The Bertz CT molecular complexity index is 445. The van der Waals surface area contributed by atoms with Crippen molar-refractivity contribution in [3.8, 4) is 0 Å². The fourth-order valence-electron chi connectivity index (χ4n) is 2.25. The molecule has 1 heterocycles. The van der Waals surface area contributed by atoms with E-state index < -0.39 is 0 Å². The van der Waals surface area contributed by atoms with Crippen LogP contribution in [0.2, 0.25) is 0 Å². The summed E-state index contributed by atoms with van der Waals surface area (Å²) in [5, 5.41) is 3.08. The Morgan fingerprint density at radius 3 is 2.94 bits per heavy atom. The second kappa shape index (κ2) is 5.41. The van der Waals surface area contributed by atoms with Gasteiger partial charge < -0.3 is 10.1 Å². The highest BCUT2D eigenvalue weighted by atomic mass is 79.9. The molecule has 1 amide bonds. The molecule has 1 aromatic carbocycles. The van der Waals surface area contributed by atoms with Crippen molar-refractivity contribution < 1.29 is 9.53 Å². The monoisotopic (exact) mass is 311 g/mol. The van der Waals surface area contributed by atoms with Gasteiger partial charge in [-0.25, -0.2) is 0 Å². The Morgan fingerprint density at radius 1 is 1.50 bits per heavy atom. The number of ether oxygens (including phenoxy) is 1. The summed E-state index contributed by atoms with van der Waals surface area (Å²) in [6.45, 7) is 4.82. The maximum Gasteiger partial charge on any atom is 0.251 e. The molecule has 3 nitrogen and oxygen atoms in total. The van der Waals surface area contributed by atoms with Crippen molar-refractivity contribution in [2.24, 2.45) is 0 Å². The van der Waals surface area contributed by atoms with Gasteiger partial charge in [0.2, 0.25) is 0 Å². The van der Waals surface area contributed by atoms with E-state index in [1.54, 1.807) is 0 Å². The van der Waals surface area contributed by atoms with Crippen LogP contribution in [0.5, 0.6) is 0 Å². The smallest absolute Gasteiger partial charge is 0.251 e. The third-order valence-electron chi connectivity index (χ3n) is 3.12. The van der Waals surface area contributed by atoms with Crippen LogP contribution in [0, 0.1) is 0 Å². The lowest BCUT2D eigenvalue weighted by molar-refractivity contribution is -0.0615. The molecule has 1 fully saturated rings. The molecule has 1 aromatic rings. The van der Waals surface area contributed by atoms with Gasteiger partial charge in [0.15, 0.2) is 0 Å². The highest BCUT2D eigenvalue weighted by molar-refractivity contribution is 9.10. The van der Waals surface area contributed by atoms with E-state index in [0.717, 1.165) is 17.3 Å². The lowest BCUT2D eigenvalue weighted by atomic mass is 9.94. The Morgan fingerprint density at radius 2 is 2.28 bits per heavy atom. The average Bonchev–Trinajstić information content (AvgIpc) is 2.27. The fraction of sp³-hybridized carbons (Fsp3) is 0.500. The van der Waals surface area contributed by atoms with Crippen molar-refractivity contribution in [2.75, 3.05) is 6.61 Å². The van der Waals surface area contributed by atoms with E-state index in [-0.39, 0.29) is 17.6 Å². The summed E-state index contributed by atoms with van der Waals surface area (Å²) in [5.74, 6) is -0.0148. The summed E-state index contributed by atoms with van der Waals surface area (Å²) < 4.78 is 6.56. The Balaban J connectivity index is 1.99. The molecule has 1 N–H and O–H groups in total. The van der Waals surface area contributed by atoms with Crippen LogP contribution >= 0.6 is 15.9 Å². The van der Waals surface area contributed by atoms with Crippen molar-refractivity contribution in [1.82, 2.24) is 5.32 Å². The molecule has 0 saturated carbocycles. The average molecular weight is 312 g/mol. The molecule has 1 atom stereocenters. The Labute approximate surface area is 116 Å². The van der Waals surface area contributed by atoms with Crippen molar-refractivity contribution in [3.63, 3.8) is 0 Å². The maximum atomic E-state index is 12.1. The van der Waals surface area contributed by atoms with Gasteiger partial charge in [-0.05, 0) is 44.9 Å². The van der Waals surface area contributed by atoms with E-state index in [4.69, 9.17) is 4.74 Å². The second-order valence-corrected chi connectivity index (χ2v) is 6.20. The van der Waals surface area contributed by atoms with Gasteiger partial charge in [-0.3, -0.25) is 4.79 Å². The zero-order valence-electron chi connectivity index (χ0n) is 10.7. The minimum absolute atomic E-state index is 0.0148. The molecule has 0 aromatic heterocycles. The minimum Gasteiger partial charge on any atom is -0.375 e. The predicted molar refractivity (Wildman–Crippen MR) is 74.7 cm³/mol. The zero-order valence-corrected chi connectivity index (χ0v) is 12.3. The van der Waals surface area contributed by atoms with Crippen LogP contribution < -0.4 is 5.32 Å². The van der Waals surface area contributed by atoms with Gasteiger partial charge in [-0.2, -0.15) is 0 Å². The number of carbonyl (C=O) groups excluding carboxylic acids is 1. The SMILES string of the molecule is CC1(C)CC(NC(=O)c2cccc(Br)c2)CCO1. The van der Waals surface area contributed by atoms with Crippen LogP contribution in [0.1, 0.15) is 37.0 Å². The topological polar surface area (TPSA) is 38.3 Å². The third-order valence-corrected chi connectivity index (χ3v) is 3.61. The first-order chi connectivity index (χ1) is 8.46. The second-order valence-electron chi connectivity index (χ2n) is 5.28. The summed E-state index contributed by atoms with van der Waals surface area (Å²) in [4.78, 5) is 12.1. The molecule has 1 unspecified atom stereocenters. The lowest BCUT2D eigenvalue weighted by Crippen LogP contribution is -2.45. The van der Waals surface area contributed by atoms with Gasteiger partial charge in [0.25, 0.3) is 5.91 Å².